The molecular weight excluding hydrogens is 224 g/mol. The lowest BCUT2D eigenvalue weighted by molar-refractivity contribution is 0.429. The molecule has 0 spiro atoms. The van der Waals surface area contributed by atoms with Crippen LogP contribution in [0, 0.1) is 0 Å². The fourth-order valence-corrected chi connectivity index (χ4v) is 1.62. The molecular formula is C12H11ClN2O. The molecule has 16 heavy (non-hydrogen) atoms. The molecule has 0 radical (unpaired) electrons. The maximum Gasteiger partial charge on any atom is 0.313 e. The van der Waals surface area contributed by atoms with Gasteiger partial charge >= 0.3 is 6.01 Å². The first-order chi connectivity index (χ1) is 7.66. The predicted molar refractivity (Wildman–Crippen MR) is 62.7 cm³/mol. The molecule has 0 amide bonds. The number of benzene rings is 1. The normalized spacial score (nSPS) is 12.4. The third-order valence-electron chi connectivity index (χ3n) is 2.53. The van der Waals surface area contributed by atoms with Crippen LogP contribution >= 0.6 is 11.6 Å². The van der Waals surface area contributed by atoms with E-state index in [-0.39, 0.29) is 11.9 Å². The summed E-state index contributed by atoms with van der Waals surface area (Å²) in [7, 11) is 0. The van der Waals surface area contributed by atoms with E-state index in [2.05, 4.69) is 16.9 Å². The van der Waals surface area contributed by atoms with E-state index in [1.807, 2.05) is 24.3 Å². The average Bonchev–Trinajstić information content (AvgIpc) is 2.30. The molecule has 1 N–H and O–H groups in total. The summed E-state index contributed by atoms with van der Waals surface area (Å²) in [5, 5.41) is 9.73. The summed E-state index contributed by atoms with van der Waals surface area (Å²) >= 11 is 5.83. The minimum atomic E-state index is -0.202. The molecule has 3 nitrogen and oxygen atoms in total. The van der Waals surface area contributed by atoms with Crippen molar-refractivity contribution in [2.24, 2.45) is 0 Å². The van der Waals surface area contributed by atoms with Gasteiger partial charge in [0.15, 0.2) is 0 Å². The van der Waals surface area contributed by atoms with Gasteiger partial charge in [-0.1, -0.05) is 30.7 Å². The molecule has 2 aromatic rings. The van der Waals surface area contributed by atoms with Crippen LogP contribution in [-0.2, 0) is 0 Å². The SMILES string of the molecule is CC(c1ccc(Cl)cc1)c1cnc(O)nc1. The van der Waals surface area contributed by atoms with Crippen LogP contribution in [0.3, 0.4) is 0 Å². The smallest absolute Gasteiger partial charge is 0.313 e. The number of aromatic hydroxyl groups is 1. The Kier molecular flexibility index (Phi) is 3.06. The van der Waals surface area contributed by atoms with Gasteiger partial charge in [0.25, 0.3) is 0 Å². The van der Waals surface area contributed by atoms with Crippen molar-refractivity contribution in [2.75, 3.05) is 0 Å². The average molecular weight is 235 g/mol. The largest absolute Gasteiger partial charge is 0.479 e. The predicted octanol–water partition coefficient (Wildman–Crippen LogP) is 2.99. The molecule has 0 saturated heterocycles. The van der Waals surface area contributed by atoms with Crippen molar-refractivity contribution < 1.29 is 5.11 Å². The molecule has 0 aliphatic carbocycles. The molecule has 1 unspecified atom stereocenters. The molecule has 4 heteroatoms. The number of halogens is 1. The molecule has 82 valence electrons. The lowest BCUT2D eigenvalue weighted by Crippen LogP contribution is -1.97. The van der Waals surface area contributed by atoms with Crippen molar-refractivity contribution in [3.05, 3.63) is 52.8 Å². The highest BCUT2D eigenvalue weighted by molar-refractivity contribution is 6.30. The zero-order chi connectivity index (χ0) is 11.5. The van der Waals surface area contributed by atoms with Crippen LogP contribution in [0.1, 0.15) is 24.0 Å². The molecule has 0 saturated carbocycles. The zero-order valence-corrected chi connectivity index (χ0v) is 9.52. The van der Waals surface area contributed by atoms with Crippen LogP contribution in [0.25, 0.3) is 0 Å². The third kappa shape index (κ3) is 2.31. The van der Waals surface area contributed by atoms with Crippen molar-refractivity contribution >= 4 is 11.6 Å². The molecule has 0 aliphatic rings. The van der Waals surface area contributed by atoms with E-state index in [4.69, 9.17) is 16.7 Å². The maximum atomic E-state index is 9.01. The molecule has 0 aliphatic heterocycles. The van der Waals surface area contributed by atoms with Crippen LogP contribution in [0.5, 0.6) is 6.01 Å². The van der Waals surface area contributed by atoms with E-state index < -0.39 is 0 Å². The van der Waals surface area contributed by atoms with Gasteiger partial charge in [0, 0.05) is 23.3 Å². The minimum absolute atomic E-state index is 0.179. The molecule has 0 bridgehead atoms. The zero-order valence-electron chi connectivity index (χ0n) is 8.76. The van der Waals surface area contributed by atoms with E-state index in [9.17, 15) is 0 Å². The fourth-order valence-electron chi connectivity index (χ4n) is 1.50. The first kappa shape index (κ1) is 10.9. The molecule has 1 aromatic carbocycles. The summed E-state index contributed by atoms with van der Waals surface area (Å²) in [5.74, 6) is 0.179. The standard InChI is InChI=1S/C12H11ClN2O/c1-8(9-2-4-11(13)5-3-9)10-6-14-12(16)15-7-10/h2-8H,1H3,(H,14,15,16). The van der Waals surface area contributed by atoms with Gasteiger partial charge in [0.1, 0.15) is 0 Å². The number of hydrogen-bond donors (Lipinski definition) is 1. The second-order valence-corrected chi connectivity index (χ2v) is 4.03. The topological polar surface area (TPSA) is 46.0 Å². The summed E-state index contributed by atoms with van der Waals surface area (Å²) in [6, 6.07) is 7.45. The molecule has 0 fully saturated rings. The monoisotopic (exact) mass is 234 g/mol. The third-order valence-corrected chi connectivity index (χ3v) is 2.78. The summed E-state index contributed by atoms with van der Waals surface area (Å²) in [6.45, 7) is 2.05. The Morgan fingerprint density at radius 2 is 1.62 bits per heavy atom. The minimum Gasteiger partial charge on any atom is -0.479 e. The van der Waals surface area contributed by atoms with Crippen LogP contribution in [0.2, 0.25) is 5.02 Å². The van der Waals surface area contributed by atoms with Gasteiger partial charge in [0.05, 0.1) is 0 Å². The highest BCUT2D eigenvalue weighted by Crippen LogP contribution is 2.24. The second kappa shape index (κ2) is 4.49. The van der Waals surface area contributed by atoms with E-state index in [1.54, 1.807) is 12.4 Å². The Bertz CT molecular complexity index is 422. The lowest BCUT2D eigenvalue weighted by Gasteiger charge is -2.11. The van der Waals surface area contributed by atoms with E-state index in [0.717, 1.165) is 16.1 Å². The Balaban J connectivity index is 2.28. The highest BCUT2D eigenvalue weighted by atomic mass is 35.5. The first-order valence-corrected chi connectivity index (χ1v) is 5.31. The van der Waals surface area contributed by atoms with Crippen LogP contribution in [0.4, 0.5) is 0 Å². The van der Waals surface area contributed by atoms with Gasteiger partial charge in [-0.15, -0.1) is 0 Å². The van der Waals surface area contributed by atoms with Gasteiger partial charge in [0.2, 0.25) is 0 Å². The molecule has 1 heterocycles. The summed E-state index contributed by atoms with van der Waals surface area (Å²) < 4.78 is 0. The van der Waals surface area contributed by atoms with Crippen molar-refractivity contribution in [3.8, 4) is 6.01 Å². The lowest BCUT2D eigenvalue weighted by atomic mass is 9.96. The molecule has 1 aromatic heterocycles. The Hall–Kier alpha value is -1.61. The number of rotatable bonds is 2. The van der Waals surface area contributed by atoms with E-state index in [1.165, 1.54) is 0 Å². The van der Waals surface area contributed by atoms with Gasteiger partial charge in [-0.25, -0.2) is 9.97 Å². The van der Waals surface area contributed by atoms with Crippen molar-refractivity contribution in [2.45, 2.75) is 12.8 Å². The van der Waals surface area contributed by atoms with Crippen molar-refractivity contribution in [3.63, 3.8) is 0 Å². The molecule has 1 atom stereocenters. The van der Waals surface area contributed by atoms with Gasteiger partial charge in [-0.2, -0.15) is 0 Å². The van der Waals surface area contributed by atoms with Crippen molar-refractivity contribution in [1.29, 1.82) is 0 Å². The Labute approximate surface area is 98.8 Å². The quantitative estimate of drug-likeness (QED) is 0.869. The summed E-state index contributed by atoms with van der Waals surface area (Å²) in [6.07, 6.45) is 3.25. The van der Waals surface area contributed by atoms with Crippen LogP contribution < -0.4 is 0 Å². The molecule has 2 rings (SSSR count). The van der Waals surface area contributed by atoms with Gasteiger partial charge < -0.3 is 5.11 Å². The number of nitrogens with zero attached hydrogens (tertiary/aromatic N) is 2. The highest BCUT2D eigenvalue weighted by Gasteiger charge is 2.09. The number of hydrogen-bond acceptors (Lipinski definition) is 3. The first-order valence-electron chi connectivity index (χ1n) is 4.93. The number of aromatic nitrogens is 2. The van der Waals surface area contributed by atoms with Gasteiger partial charge in [-0.3, -0.25) is 0 Å². The maximum absolute atomic E-state index is 9.01. The van der Waals surface area contributed by atoms with E-state index in [0.29, 0.717) is 0 Å². The summed E-state index contributed by atoms with van der Waals surface area (Å²) in [4.78, 5) is 7.52. The Morgan fingerprint density at radius 3 is 2.19 bits per heavy atom. The fraction of sp³-hybridized carbons (Fsp3) is 0.167. The van der Waals surface area contributed by atoms with Crippen molar-refractivity contribution in [1.82, 2.24) is 9.97 Å². The van der Waals surface area contributed by atoms with E-state index >= 15 is 0 Å². The van der Waals surface area contributed by atoms with Gasteiger partial charge in [-0.05, 0) is 23.3 Å². The summed E-state index contributed by atoms with van der Waals surface area (Å²) in [5.41, 5.74) is 2.10. The Morgan fingerprint density at radius 1 is 1.06 bits per heavy atom. The van der Waals surface area contributed by atoms with Crippen LogP contribution in [0.15, 0.2) is 36.7 Å². The van der Waals surface area contributed by atoms with Crippen LogP contribution in [-0.4, -0.2) is 15.1 Å². The second-order valence-electron chi connectivity index (χ2n) is 3.59.